The highest BCUT2D eigenvalue weighted by atomic mass is 14.0. The molecular weight excluding hydrogens is 108 g/mol. The summed E-state index contributed by atoms with van der Waals surface area (Å²) in [7, 11) is 0. The van der Waals surface area contributed by atoms with Crippen LogP contribution < -0.4 is 0 Å². The van der Waals surface area contributed by atoms with Crippen LogP contribution in [0.15, 0.2) is 23.8 Å². The van der Waals surface area contributed by atoms with Crippen LogP contribution in [0.5, 0.6) is 0 Å². The van der Waals surface area contributed by atoms with Crippen LogP contribution in [-0.2, 0) is 0 Å². The van der Waals surface area contributed by atoms with Crippen LogP contribution in [0.2, 0.25) is 0 Å². The zero-order chi connectivity index (χ0) is 6.53. The van der Waals surface area contributed by atoms with E-state index in [1.54, 1.807) is 5.57 Å². The summed E-state index contributed by atoms with van der Waals surface area (Å²) < 4.78 is 0. The van der Waals surface area contributed by atoms with Crippen LogP contribution in [0.25, 0.3) is 0 Å². The third-order valence-corrected chi connectivity index (χ3v) is 1.84. The van der Waals surface area contributed by atoms with Gasteiger partial charge in [0.25, 0.3) is 0 Å². The Hall–Kier alpha value is -0.520. The van der Waals surface area contributed by atoms with Gasteiger partial charge < -0.3 is 0 Å². The van der Waals surface area contributed by atoms with Crippen molar-refractivity contribution in [1.29, 1.82) is 0 Å². The molecule has 0 aromatic rings. The predicted molar refractivity (Wildman–Crippen MR) is 41.4 cm³/mol. The van der Waals surface area contributed by atoms with Gasteiger partial charge in [-0.2, -0.15) is 0 Å². The molecule has 1 rings (SSSR count). The molecule has 0 aromatic heterocycles. The molecule has 0 saturated carbocycles. The van der Waals surface area contributed by atoms with Crippen molar-refractivity contribution in [3.05, 3.63) is 23.8 Å². The van der Waals surface area contributed by atoms with Gasteiger partial charge in [0.15, 0.2) is 0 Å². The molecule has 50 valence electrons. The molecule has 0 N–H and O–H groups in total. The summed E-state index contributed by atoms with van der Waals surface area (Å²) in [5.41, 5.74) is 1.63. The molecule has 0 unspecified atom stereocenters. The van der Waals surface area contributed by atoms with E-state index in [1.807, 2.05) is 0 Å². The van der Waals surface area contributed by atoms with Crippen molar-refractivity contribution in [3.63, 3.8) is 0 Å². The molecule has 0 heteroatoms. The summed E-state index contributed by atoms with van der Waals surface area (Å²) in [6.07, 6.45) is 11.9. The van der Waals surface area contributed by atoms with Crippen LogP contribution in [-0.4, -0.2) is 0 Å². The fourth-order valence-corrected chi connectivity index (χ4v) is 1.19. The lowest BCUT2D eigenvalue weighted by molar-refractivity contribution is 0.895. The van der Waals surface area contributed by atoms with Crippen molar-refractivity contribution in [3.8, 4) is 0 Å². The normalized spacial score (nSPS) is 19.4. The van der Waals surface area contributed by atoms with E-state index >= 15 is 0 Å². The number of hydrogen-bond donors (Lipinski definition) is 0. The third kappa shape index (κ3) is 2.05. The first-order valence-electron chi connectivity index (χ1n) is 3.72. The Balaban J connectivity index is 2.44. The van der Waals surface area contributed by atoms with Crippen LogP contribution in [0.4, 0.5) is 0 Å². The van der Waals surface area contributed by atoms with Crippen molar-refractivity contribution in [2.24, 2.45) is 0 Å². The van der Waals surface area contributed by atoms with Crippen molar-refractivity contribution < 1.29 is 0 Å². The lowest BCUT2D eigenvalue weighted by atomic mass is 10.1. The molecule has 0 bridgehead atoms. The zero-order valence-corrected chi connectivity index (χ0v) is 6.06. The fraction of sp³-hybridized carbons (Fsp3) is 0.556. The fourth-order valence-electron chi connectivity index (χ4n) is 1.19. The monoisotopic (exact) mass is 122 g/mol. The molecule has 0 radical (unpaired) electrons. The summed E-state index contributed by atoms with van der Waals surface area (Å²) in [6, 6.07) is 0. The molecule has 0 atom stereocenters. The van der Waals surface area contributed by atoms with Crippen molar-refractivity contribution in [2.45, 2.75) is 32.6 Å². The van der Waals surface area contributed by atoms with Crippen LogP contribution in [0, 0.1) is 0 Å². The summed E-state index contributed by atoms with van der Waals surface area (Å²) in [5, 5.41) is 0. The maximum atomic E-state index is 2.29. The summed E-state index contributed by atoms with van der Waals surface area (Å²) in [4.78, 5) is 0. The molecule has 0 spiro atoms. The Morgan fingerprint density at radius 3 is 2.22 bits per heavy atom. The van der Waals surface area contributed by atoms with Crippen LogP contribution in [0.3, 0.4) is 0 Å². The summed E-state index contributed by atoms with van der Waals surface area (Å²) in [5.74, 6) is 0. The minimum absolute atomic E-state index is 1.25. The summed E-state index contributed by atoms with van der Waals surface area (Å²) >= 11 is 0. The van der Waals surface area contributed by atoms with Crippen molar-refractivity contribution >= 4 is 0 Å². The lowest BCUT2D eigenvalue weighted by Gasteiger charge is -1.97. The molecular formula is C9H14. The van der Waals surface area contributed by atoms with Crippen molar-refractivity contribution in [1.82, 2.24) is 0 Å². The third-order valence-electron chi connectivity index (χ3n) is 1.84. The second kappa shape index (κ2) is 3.49. The van der Waals surface area contributed by atoms with Gasteiger partial charge in [-0.1, -0.05) is 23.8 Å². The molecule has 0 saturated heterocycles. The Labute approximate surface area is 57.3 Å². The zero-order valence-electron chi connectivity index (χ0n) is 6.06. The maximum absolute atomic E-state index is 2.29. The molecule has 0 nitrogen and oxygen atoms in total. The summed E-state index contributed by atoms with van der Waals surface area (Å²) in [6.45, 7) is 2.14. The largest absolute Gasteiger partial charge is 0.0884 e. The van der Waals surface area contributed by atoms with E-state index in [-0.39, 0.29) is 0 Å². The van der Waals surface area contributed by atoms with Gasteiger partial charge in [0.05, 0.1) is 0 Å². The highest BCUT2D eigenvalue weighted by Crippen LogP contribution is 2.16. The quantitative estimate of drug-likeness (QED) is 0.433. The topological polar surface area (TPSA) is 0 Å². The lowest BCUT2D eigenvalue weighted by Crippen LogP contribution is -1.77. The Morgan fingerprint density at radius 1 is 1.22 bits per heavy atom. The van der Waals surface area contributed by atoms with Gasteiger partial charge in [-0.25, -0.2) is 0 Å². The van der Waals surface area contributed by atoms with Crippen LogP contribution in [0.1, 0.15) is 32.6 Å². The molecule has 1 aliphatic carbocycles. The van der Waals surface area contributed by atoms with Gasteiger partial charge in [-0.15, -0.1) is 0 Å². The molecule has 9 heavy (non-hydrogen) atoms. The first-order valence-corrected chi connectivity index (χ1v) is 3.72. The van der Waals surface area contributed by atoms with E-state index in [9.17, 15) is 0 Å². The van der Waals surface area contributed by atoms with Gasteiger partial charge in [-0.3, -0.25) is 0 Å². The van der Waals surface area contributed by atoms with Gasteiger partial charge in [0.2, 0.25) is 0 Å². The molecule has 1 aliphatic rings. The standard InChI is InChI=1S/C9H14/c1-2-9-7-5-3-4-6-8-9/h2-4H,5-8H2,1H3. The van der Waals surface area contributed by atoms with E-state index in [2.05, 4.69) is 25.2 Å². The molecule has 0 aromatic carbocycles. The SMILES string of the molecule is CC=C1CCC=CCC1. The average Bonchev–Trinajstić information content (AvgIpc) is 2.13. The van der Waals surface area contributed by atoms with E-state index < -0.39 is 0 Å². The first-order chi connectivity index (χ1) is 4.43. The Kier molecular flexibility index (Phi) is 2.56. The first kappa shape index (κ1) is 6.60. The van der Waals surface area contributed by atoms with E-state index in [4.69, 9.17) is 0 Å². The molecule has 0 aliphatic heterocycles. The van der Waals surface area contributed by atoms with E-state index in [0.29, 0.717) is 0 Å². The maximum Gasteiger partial charge on any atom is -0.0286 e. The number of rotatable bonds is 0. The van der Waals surface area contributed by atoms with Crippen molar-refractivity contribution in [2.75, 3.05) is 0 Å². The second-order valence-electron chi connectivity index (χ2n) is 2.50. The van der Waals surface area contributed by atoms with Gasteiger partial charge in [-0.05, 0) is 32.6 Å². The minimum atomic E-state index is 1.25. The highest BCUT2D eigenvalue weighted by Gasteiger charge is 1.96. The number of allylic oxidation sites excluding steroid dienone is 4. The Morgan fingerprint density at radius 2 is 1.78 bits per heavy atom. The molecule has 0 fully saturated rings. The van der Waals surface area contributed by atoms with Gasteiger partial charge in [0, 0.05) is 0 Å². The van der Waals surface area contributed by atoms with Gasteiger partial charge in [0.1, 0.15) is 0 Å². The average molecular weight is 122 g/mol. The molecule has 0 heterocycles. The van der Waals surface area contributed by atoms with Crippen LogP contribution >= 0.6 is 0 Å². The predicted octanol–water partition coefficient (Wildman–Crippen LogP) is 3.06. The highest BCUT2D eigenvalue weighted by molar-refractivity contribution is 5.06. The smallest absolute Gasteiger partial charge is 0.0286 e. The Bertz CT molecular complexity index is 117. The van der Waals surface area contributed by atoms with E-state index in [0.717, 1.165) is 0 Å². The molecule has 0 amide bonds. The second-order valence-corrected chi connectivity index (χ2v) is 2.50. The van der Waals surface area contributed by atoms with E-state index in [1.165, 1.54) is 25.7 Å². The minimum Gasteiger partial charge on any atom is -0.0884 e. The number of hydrogen-bond acceptors (Lipinski definition) is 0. The van der Waals surface area contributed by atoms with Gasteiger partial charge >= 0.3 is 0 Å².